The maximum Gasteiger partial charge on any atom is 0.330 e. The van der Waals surface area contributed by atoms with Gasteiger partial charge in [0, 0.05) is 6.08 Å². The minimum Gasteiger partial charge on any atom is -0.504 e. The van der Waals surface area contributed by atoms with Gasteiger partial charge in [-0.2, -0.15) is 0 Å². The van der Waals surface area contributed by atoms with Crippen molar-refractivity contribution in [1.29, 1.82) is 0 Å². The second-order valence-electron chi connectivity index (χ2n) is 6.88. The Morgan fingerprint density at radius 2 is 1.77 bits per heavy atom. The highest BCUT2D eigenvalue weighted by Crippen LogP contribution is 2.25. The minimum absolute atomic E-state index is 0.320. The number of rotatable bonds is 9. The number of esters is 1. The summed E-state index contributed by atoms with van der Waals surface area (Å²) >= 11 is 0. The molecular formula is C19H26O12. The molecule has 1 saturated heterocycles. The molecule has 0 amide bonds. The molecule has 0 spiro atoms. The zero-order chi connectivity index (χ0) is 23.1. The number of phenolic OH excluding ortho intramolecular Hbond substituents is 2. The number of ether oxygens (including phenoxy) is 3. The summed E-state index contributed by atoms with van der Waals surface area (Å²) in [6, 6.07) is 3.89. The summed E-state index contributed by atoms with van der Waals surface area (Å²) in [7, 11) is 0. The molecule has 8 N–H and O–H groups in total. The molecule has 1 aliphatic heterocycles. The molecule has 1 aromatic carbocycles. The van der Waals surface area contributed by atoms with Crippen LogP contribution in [-0.2, 0) is 19.0 Å². The van der Waals surface area contributed by atoms with Crippen molar-refractivity contribution in [3.8, 4) is 11.5 Å². The maximum absolute atomic E-state index is 11.9. The first-order chi connectivity index (χ1) is 14.6. The quantitative estimate of drug-likeness (QED) is 0.110. The van der Waals surface area contributed by atoms with Crippen LogP contribution < -0.4 is 0 Å². The Bertz CT molecular complexity index is 753. The predicted molar refractivity (Wildman–Crippen MR) is 101 cm³/mol. The third-order valence-electron chi connectivity index (χ3n) is 4.53. The van der Waals surface area contributed by atoms with Crippen molar-refractivity contribution in [3.63, 3.8) is 0 Å². The molecule has 0 unspecified atom stereocenters. The number of carbonyl (C=O) groups is 1. The van der Waals surface area contributed by atoms with E-state index in [-0.39, 0.29) is 11.5 Å². The lowest BCUT2D eigenvalue weighted by Crippen LogP contribution is -2.59. The fraction of sp³-hybridized carbons (Fsp3) is 0.526. The van der Waals surface area contributed by atoms with E-state index in [1.807, 2.05) is 0 Å². The van der Waals surface area contributed by atoms with Crippen LogP contribution in [0.2, 0.25) is 0 Å². The number of aliphatic hydroxyl groups is 6. The summed E-state index contributed by atoms with van der Waals surface area (Å²) in [4.78, 5) is 11.9. The van der Waals surface area contributed by atoms with Crippen LogP contribution in [0.3, 0.4) is 0 Å². The van der Waals surface area contributed by atoms with Crippen LogP contribution in [0.4, 0.5) is 0 Å². The average molecular weight is 446 g/mol. The van der Waals surface area contributed by atoms with E-state index in [9.17, 15) is 40.5 Å². The molecule has 7 atom stereocenters. The Hall–Kier alpha value is -2.29. The molecule has 0 bridgehead atoms. The molecule has 0 aromatic heterocycles. The van der Waals surface area contributed by atoms with Crippen molar-refractivity contribution >= 4 is 12.0 Å². The molecule has 0 aliphatic carbocycles. The molecule has 0 saturated carbocycles. The summed E-state index contributed by atoms with van der Waals surface area (Å²) in [6.07, 6.45) is -8.48. The van der Waals surface area contributed by atoms with Gasteiger partial charge >= 0.3 is 5.97 Å². The van der Waals surface area contributed by atoms with Crippen molar-refractivity contribution in [3.05, 3.63) is 29.8 Å². The summed E-state index contributed by atoms with van der Waals surface area (Å²) in [5.41, 5.74) is 0.400. The number of hydrogen-bond donors (Lipinski definition) is 8. The van der Waals surface area contributed by atoms with E-state index in [0.29, 0.717) is 5.56 Å². The van der Waals surface area contributed by atoms with Crippen LogP contribution in [0.15, 0.2) is 24.3 Å². The Balaban J connectivity index is 1.90. The van der Waals surface area contributed by atoms with Gasteiger partial charge in [0.15, 0.2) is 17.8 Å². The molecule has 1 fully saturated rings. The topological polar surface area (TPSA) is 207 Å². The van der Waals surface area contributed by atoms with Gasteiger partial charge in [0.05, 0.1) is 13.2 Å². The standard InChI is InChI=1S/C19H26O12/c20-6-12(23)13(24)7-30-19-18(28)17(27)16(26)14(31-19)8-29-15(25)4-2-9-1-3-10(21)11(22)5-9/h1-5,12-14,16-24,26-28H,6-8H2/t12-,13+,14-,16-,17+,18-,19-/m1/s1. The Morgan fingerprint density at radius 1 is 1.06 bits per heavy atom. The lowest BCUT2D eigenvalue weighted by atomic mass is 9.99. The lowest BCUT2D eigenvalue weighted by molar-refractivity contribution is -0.306. The SMILES string of the molecule is O=C(C=Cc1ccc(O)c(O)c1)OC[C@H]1O[C@@H](OC[C@H](O)[C@H](O)CO)[C@H](O)[C@@H](O)[C@@H]1O. The van der Waals surface area contributed by atoms with Gasteiger partial charge in [-0.05, 0) is 23.8 Å². The van der Waals surface area contributed by atoms with E-state index in [4.69, 9.17) is 19.3 Å². The lowest BCUT2D eigenvalue weighted by Gasteiger charge is -2.40. The maximum atomic E-state index is 11.9. The summed E-state index contributed by atoms with van der Waals surface area (Å²) in [5, 5.41) is 76.3. The number of aliphatic hydroxyl groups excluding tert-OH is 6. The van der Waals surface area contributed by atoms with Gasteiger partial charge < -0.3 is 55.1 Å². The van der Waals surface area contributed by atoms with Crippen molar-refractivity contribution in [2.24, 2.45) is 0 Å². The van der Waals surface area contributed by atoms with Crippen molar-refractivity contribution in [2.45, 2.75) is 42.9 Å². The zero-order valence-electron chi connectivity index (χ0n) is 16.3. The highest BCUT2D eigenvalue weighted by Gasteiger charge is 2.45. The number of phenols is 2. The number of benzene rings is 1. The van der Waals surface area contributed by atoms with E-state index in [1.165, 1.54) is 24.3 Å². The molecule has 174 valence electrons. The Kier molecular flexibility index (Phi) is 9.15. The zero-order valence-corrected chi connectivity index (χ0v) is 16.3. The van der Waals surface area contributed by atoms with Gasteiger partial charge in [-0.25, -0.2) is 4.79 Å². The predicted octanol–water partition coefficient (Wildman–Crippen LogP) is -2.81. The van der Waals surface area contributed by atoms with Gasteiger partial charge in [-0.3, -0.25) is 0 Å². The number of carbonyl (C=O) groups excluding carboxylic acids is 1. The summed E-state index contributed by atoms with van der Waals surface area (Å²) in [5.74, 6) is -1.54. The van der Waals surface area contributed by atoms with Crippen LogP contribution in [-0.4, -0.2) is 110 Å². The van der Waals surface area contributed by atoms with Crippen LogP contribution in [0.1, 0.15) is 5.56 Å². The van der Waals surface area contributed by atoms with Crippen molar-refractivity contribution in [2.75, 3.05) is 19.8 Å². The Morgan fingerprint density at radius 3 is 2.42 bits per heavy atom. The van der Waals surface area contributed by atoms with E-state index >= 15 is 0 Å². The largest absolute Gasteiger partial charge is 0.504 e. The third-order valence-corrected chi connectivity index (χ3v) is 4.53. The molecule has 12 nitrogen and oxygen atoms in total. The van der Waals surface area contributed by atoms with Gasteiger partial charge in [-0.1, -0.05) is 6.07 Å². The smallest absolute Gasteiger partial charge is 0.330 e. The molecule has 31 heavy (non-hydrogen) atoms. The first-order valence-corrected chi connectivity index (χ1v) is 9.29. The Labute approximate surface area is 176 Å². The van der Waals surface area contributed by atoms with E-state index in [0.717, 1.165) is 6.08 Å². The number of hydrogen-bond acceptors (Lipinski definition) is 12. The second-order valence-corrected chi connectivity index (χ2v) is 6.88. The van der Waals surface area contributed by atoms with Gasteiger partial charge in [0.1, 0.15) is 43.2 Å². The van der Waals surface area contributed by atoms with E-state index < -0.39 is 68.7 Å². The molecule has 2 rings (SSSR count). The summed E-state index contributed by atoms with van der Waals surface area (Å²) in [6.45, 7) is -1.80. The first kappa shape index (κ1) is 25.0. The van der Waals surface area contributed by atoms with Gasteiger partial charge in [0.2, 0.25) is 0 Å². The van der Waals surface area contributed by atoms with Crippen molar-refractivity contribution in [1.82, 2.24) is 0 Å². The fourth-order valence-corrected chi connectivity index (χ4v) is 2.64. The van der Waals surface area contributed by atoms with Gasteiger partial charge in [-0.15, -0.1) is 0 Å². The number of aromatic hydroxyl groups is 2. The summed E-state index contributed by atoms with van der Waals surface area (Å²) < 4.78 is 15.3. The molecule has 1 aromatic rings. The van der Waals surface area contributed by atoms with Crippen LogP contribution in [0, 0.1) is 0 Å². The highest BCUT2D eigenvalue weighted by atomic mass is 16.7. The molecular weight excluding hydrogens is 420 g/mol. The molecule has 12 heteroatoms. The first-order valence-electron chi connectivity index (χ1n) is 9.29. The molecule has 1 aliphatic rings. The molecule has 0 radical (unpaired) electrons. The van der Waals surface area contributed by atoms with Gasteiger partial charge in [0.25, 0.3) is 0 Å². The third kappa shape index (κ3) is 6.85. The minimum atomic E-state index is -1.71. The van der Waals surface area contributed by atoms with Crippen LogP contribution >= 0.6 is 0 Å². The molecule has 1 heterocycles. The van der Waals surface area contributed by atoms with E-state index in [2.05, 4.69) is 0 Å². The second kappa shape index (κ2) is 11.4. The highest BCUT2D eigenvalue weighted by molar-refractivity contribution is 5.87. The monoisotopic (exact) mass is 446 g/mol. The van der Waals surface area contributed by atoms with E-state index in [1.54, 1.807) is 0 Å². The normalized spacial score (nSPS) is 28.4. The average Bonchev–Trinajstić information content (AvgIpc) is 2.76. The van der Waals surface area contributed by atoms with Crippen molar-refractivity contribution < 1.29 is 59.9 Å². The van der Waals surface area contributed by atoms with Crippen LogP contribution in [0.25, 0.3) is 6.08 Å². The van der Waals surface area contributed by atoms with Crippen LogP contribution in [0.5, 0.6) is 11.5 Å². The fourth-order valence-electron chi connectivity index (χ4n) is 2.64.